The van der Waals surface area contributed by atoms with Crippen molar-refractivity contribution in [3.8, 4) is 5.19 Å². The maximum atomic E-state index is 12.8. The molecule has 1 saturated heterocycles. The summed E-state index contributed by atoms with van der Waals surface area (Å²) in [7, 11) is 0. The van der Waals surface area contributed by atoms with E-state index in [1.807, 2.05) is 5.38 Å². The molecule has 0 spiro atoms. The number of hydrogen-bond donors (Lipinski definition) is 1. The van der Waals surface area contributed by atoms with E-state index in [0.29, 0.717) is 24.0 Å². The number of nitrogens with one attached hydrogen (secondary N) is 1. The van der Waals surface area contributed by atoms with Gasteiger partial charge in [-0.3, -0.25) is 0 Å². The third kappa shape index (κ3) is 3.49. The summed E-state index contributed by atoms with van der Waals surface area (Å²) in [5.74, 6) is -0.328. The number of benzene rings is 1. The summed E-state index contributed by atoms with van der Waals surface area (Å²) in [5.41, 5.74) is 0.575. The summed E-state index contributed by atoms with van der Waals surface area (Å²) < 4.78 is 18.5. The molecule has 1 unspecified atom stereocenters. The molecule has 1 aliphatic rings. The summed E-state index contributed by atoms with van der Waals surface area (Å²) >= 11 is 1.44. The van der Waals surface area contributed by atoms with Crippen LogP contribution in [0.3, 0.4) is 0 Å². The molecule has 7 heteroatoms. The zero-order valence-electron chi connectivity index (χ0n) is 11.2. The van der Waals surface area contributed by atoms with Gasteiger partial charge in [-0.05, 0) is 24.3 Å². The highest BCUT2D eigenvalue weighted by Crippen LogP contribution is 2.21. The van der Waals surface area contributed by atoms with Gasteiger partial charge in [0, 0.05) is 30.2 Å². The van der Waals surface area contributed by atoms with E-state index in [1.54, 1.807) is 11.1 Å². The Kier molecular flexibility index (Phi) is 4.01. The molecule has 1 fully saturated rings. The zero-order valence-corrected chi connectivity index (χ0v) is 12.0. The number of likely N-dealkylation sites (tertiary alicyclic amines) is 1. The van der Waals surface area contributed by atoms with Crippen molar-refractivity contribution < 1.29 is 13.9 Å². The van der Waals surface area contributed by atoms with Crippen molar-refractivity contribution in [2.45, 2.75) is 12.5 Å². The second-order valence-corrected chi connectivity index (χ2v) is 5.57. The van der Waals surface area contributed by atoms with Crippen molar-refractivity contribution in [1.82, 2.24) is 9.88 Å². The van der Waals surface area contributed by atoms with Gasteiger partial charge in [-0.25, -0.2) is 14.2 Å². The number of carbonyl (C=O) groups is 1. The van der Waals surface area contributed by atoms with Gasteiger partial charge >= 0.3 is 6.03 Å². The van der Waals surface area contributed by atoms with Crippen LogP contribution in [0, 0.1) is 5.82 Å². The van der Waals surface area contributed by atoms with Crippen LogP contribution in [-0.4, -0.2) is 35.1 Å². The highest BCUT2D eigenvalue weighted by atomic mass is 32.1. The van der Waals surface area contributed by atoms with Crippen LogP contribution in [0.5, 0.6) is 5.19 Å². The number of nitrogens with zero attached hydrogens (tertiary/aromatic N) is 2. The summed E-state index contributed by atoms with van der Waals surface area (Å²) in [5, 5.41) is 5.22. The third-order valence-electron chi connectivity index (χ3n) is 3.20. The first-order valence-electron chi connectivity index (χ1n) is 6.58. The van der Waals surface area contributed by atoms with Gasteiger partial charge in [-0.2, -0.15) is 0 Å². The minimum Gasteiger partial charge on any atom is -0.465 e. The number of carbonyl (C=O) groups excluding carboxylic acids is 1. The number of amides is 2. The fraction of sp³-hybridized carbons (Fsp3) is 0.286. The predicted molar refractivity (Wildman–Crippen MR) is 78.1 cm³/mol. The molecule has 1 atom stereocenters. The number of aromatic nitrogens is 1. The lowest BCUT2D eigenvalue weighted by Gasteiger charge is -2.17. The molecular weight excluding hydrogens is 293 g/mol. The highest BCUT2D eigenvalue weighted by molar-refractivity contribution is 7.11. The van der Waals surface area contributed by atoms with Crippen molar-refractivity contribution in [2.24, 2.45) is 0 Å². The molecule has 2 heterocycles. The first-order chi connectivity index (χ1) is 10.2. The largest absolute Gasteiger partial charge is 0.465 e. The van der Waals surface area contributed by atoms with Crippen molar-refractivity contribution in [3.63, 3.8) is 0 Å². The smallest absolute Gasteiger partial charge is 0.321 e. The van der Waals surface area contributed by atoms with Gasteiger partial charge in [0.05, 0.1) is 6.54 Å². The molecule has 0 saturated carbocycles. The van der Waals surface area contributed by atoms with E-state index in [-0.39, 0.29) is 18.0 Å². The van der Waals surface area contributed by atoms with Crippen molar-refractivity contribution >= 4 is 23.1 Å². The quantitative estimate of drug-likeness (QED) is 0.948. The van der Waals surface area contributed by atoms with Crippen LogP contribution < -0.4 is 10.1 Å². The van der Waals surface area contributed by atoms with Gasteiger partial charge < -0.3 is 15.0 Å². The van der Waals surface area contributed by atoms with Crippen molar-refractivity contribution in [3.05, 3.63) is 41.7 Å². The minimum atomic E-state index is -0.328. The summed E-state index contributed by atoms with van der Waals surface area (Å²) in [6, 6.07) is 5.49. The molecule has 110 valence electrons. The summed E-state index contributed by atoms with van der Waals surface area (Å²) in [4.78, 5) is 17.8. The number of thiazole rings is 1. The Labute approximate surface area is 125 Å². The lowest BCUT2D eigenvalue weighted by Crippen LogP contribution is -2.34. The van der Waals surface area contributed by atoms with Crippen LogP contribution in [0.25, 0.3) is 0 Å². The highest BCUT2D eigenvalue weighted by Gasteiger charge is 2.28. The van der Waals surface area contributed by atoms with Crippen LogP contribution in [-0.2, 0) is 0 Å². The van der Waals surface area contributed by atoms with E-state index in [0.717, 1.165) is 6.42 Å². The zero-order chi connectivity index (χ0) is 14.7. The molecule has 0 radical (unpaired) electrons. The Morgan fingerprint density at radius 1 is 1.43 bits per heavy atom. The third-order valence-corrected chi connectivity index (χ3v) is 3.87. The fourth-order valence-electron chi connectivity index (χ4n) is 2.16. The van der Waals surface area contributed by atoms with Gasteiger partial charge in [0.1, 0.15) is 11.9 Å². The number of hydrogen-bond acceptors (Lipinski definition) is 4. The number of anilines is 1. The average molecular weight is 307 g/mol. The lowest BCUT2D eigenvalue weighted by atomic mass is 10.3. The van der Waals surface area contributed by atoms with E-state index in [1.165, 1.54) is 35.6 Å². The number of urea groups is 1. The number of ether oxygens (including phenoxy) is 1. The van der Waals surface area contributed by atoms with E-state index in [2.05, 4.69) is 10.3 Å². The van der Waals surface area contributed by atoms with Gasteiger partial charge in [0.25, 0.3) is 5.19 Å². The monoisotopic (exact) mass is 307 g/mol. The van der Waals surface area contributed by atoms with E-state index >= 15 is 0 Å². The van der Waals surface area contributed by atoms with E-state index < -0.39 is 0 Å². The SMILES string of the molecule is O=C(Nc1ccc(F)cc1)N1CCC(Oc2nccs2)C1. The van der Waals surface area contributed by atoms with Crippen LogP contribution in [0.4, 0.5) is 14.9 Å². The summed E-state index contributed by atoms with van der Waals surface area (Å²) in [6.45, 7) is 1.15. The maximum absolute atomic E-state index is 12.8. The van der Waals surface area contributed by atoms with Gasteiger partial charge in [-0.15, -0.1) is 0 Å². The standard InChI is InChI=1S/C14H14FN3O2S/c15-10-1-3-11(4-2-10)17-13(19)18-7-5-12(9-18)20-14-16-6-8-21-14/h1-4,6,8,12H,5,7,9H2,(H,17,19). The number of rotatable bonds is 3. The normalized spacial score (nSPS) is 17.8. The molecule has 1 N–H and O–H groups in total. The molecule has 2 amide bonds. The second kappa shape index (κ2) is 6.09. The van der Waals surface area contributed by atoms with Crippen molar-refractivity contribution in [2.75, 3.05) is 18.4 Å². The Hall–Kier alpha value is -2.15. The molecule has 5 nitrogen and oxygen atoms in total. The molecule has 1 aromatic carbocycles. The molecule has 1 aromatic heterocycles. The van der Waals surface area contributed by atoms with Gasteiger partial charge in [-0.1, -0.05) is 11.3 Å². The minimum absolute atomic E-state index is 0.0323. The predicted octanol–water partition coefficient (Wildman–Crippen LogP) is 2.97. The molecule has 3 rings (SSSR count). The first-order valence-corrected chi connectivity index (χ1v) is 7.46. The van der Waals surface area contributed by atoms with Crippen LogP contribution in [0.1, 0.15) is 6.42 Å². The Bertz CT molecular complexity index is 603. The average Bonchev–Trinajstić information content (AvgIpc) is 3.13. The van der Waals surface area contributed by atoms with Crippen LogP contribution >= 0.6 is 11.3 Å². The van der Waals surface area contributed by atoms with Crippen molar-refractivity contribution in [1.29, 1.82) is 0 Å². The van der Waals surface area contributed by atoms with Gasteiger partial charge in [0.2, 0.25) is 0 Å². The fourth-order valence-corrected chi connectivity index (χ4v) is 2.71. The van der Waals surface area contributed by atoms with E-state index in [4.69, 9.17) is 4.74 Å². The van der Waals surface area contributed by atoms with Crippen LogP contribution in [0.15, 0.2) is 35.8 Å². The Balaban J connectivity index is 1.53. The Morgan fingerprint density at radius 3 is 2.95 bits per heavy atom. The lowest BCUT2D eigenvalue weighted by molar-refractivity contribution is 0.194. The Morgan fingerprint density at radius 2 is 2.24 bits per heavy atom. The van der Waals surface area contributed by atoms with Gasteiger partial charge in [0.15, 0.2) is 0 Å². The molecule has 2 aromatic rings. The first kappa shape index (κ1) is 13.8. The molecule has 1 aliphatic heterocycles. The summed E-state index contributed by atoms with van der Waals surface area (Å²) in [6.07, 6.45) is 2.43. The maximum Gasteiger partial charge on any atom is 0.321 e. The second-order valence-electron chi connectivity index (χ2n) is 4.71. The van der Waals surface area contributed by atoms with E-state index in [9.17, 15) is 9.18 Å². The number of halogens is 1. The van der Waals surface area contributed by atoms with Crippen LogP contribution in [0.2, 0.25) is 0 Å². The molecule has 21 heavy (non-hydrogen) atoms. The molecule has 0 aliphatic carbocycles. The molecule has 0 bridgehead atoms. The molecular formula is C14H14FN3O2S. The topological polar surface area (TPSA) is 54.5 Å².